The van der Waals surface area contributed by atoms with Crippen LogP contribution in [0.15, 0.2) is 30.7 Å². The number of halogens is 2. The fraction of sp³-hybridized carbons (Fsp3) is 0.545. The molecule has 15 heteroatoms. The van der Waals surface area contributed by atoms with Gasteiger partial charge in [0, 0.05) is 92.4 Å². The van der Waals surface area contributed by atoms with Crippen LogP contribution >= 0.6 is 0 Å². The second kappa shape index (κ2) is 11.2. The molecule has 3 saturated heterocycles. The Balaban J connectivity index is 0.782. The lowest BCUT2D eigenvalue weighted by Crippen LogP contribution is -2.54. The maximum Gasteiger partial charge on any atom is 0.276 e. The molecule has 5 aliphatic rings. The number of likely N-dealkylation sites (tertiary alicyclic amines) is 1. The van der Waals surface area contributed by atoms with Crippen LogP contribution in [0, 0.1) is 23.2 Å². The molecule has 3 aromatic rings. The molecule has 3 aliphatic heterocycles. The number of carbonyl (C=O) groups is 4. The minimum atomic E-state index is -2.73. The van der Waals surface area contributed by atoms with Gasteiger partial charge in [0.2, 0.25) is 17.7 Å². The average Bonchev–Trinajstić information content (AvgIpc) is 3.46. The van der Waals surface area contributed by atoms with Crippen molar-refractivity contribution in [2.45, 2.75) is 63.8 Å². The number of hydrogen-bond acceptors (Lipinski definition) is 8. The van der Waals surface area contributed by atoms with E-state index in [-0.39, 0.29) is 54.0 Å². The summed E-state index contributed by atoms with van der Waals surface area (Å²) in [5.41, 5.74) is 1.56. The Morgan fingerprint density at radius 2 is 1.90 bits per heavy atom. The highest BCUT2D eigenvalue weighted by molar-refractivity contribution is 6.04. The zero-order valence-electron chi connectivity index (χ0n) is 26.5. The first-order valence-corrected chi connectivity index (χ1v) is 16.6. The zero-order chi connectivity index (χ0) is 33.4. The normalized spacial score (nSPS) is 26.7. The van der Waals surface area contributed by atoms with Crippen LogP contribution in [0.25, 0.3) is 0 Å². The van der Waals surface area contributed by atoms with E-state index in [1.54, 1.807) is 30.2 Å². The Bertz CT molecular complexity index is 1790. The first kappa shape index (κ1) is 30.6. The van der Waals surface area contributed by atoms with Crippen LogP contribution in [0.3, 0.4) is 0 Å². The summed E-state index contributed by atoms with van der Waals surface area (Å²) in [6.45, 7) is 4.92. The third-order valence-electron chi connectivity index (χ3n) is 11.2. The molecule has 6 heterocycles. The second-order valence-corrected chi connectivity index (χ2v) is 14.2. The highest BCUT2D eigenvalue weighted by Crippen LogP contribution is 2.70. The highest BCUT2D eigenvalue weighted by Gasteiger charge is 2.78. The molecule has 1 saturated carbocycles. The predicted octanol–water partition coefficient (Wildman–Crippen LogP) is 2.52. The number of H-pyrrole nitrogens is 1. The number of imide groups is 1. The molecule has 0 bridgehead atoms. The Hall–Kier alpha value is -4.69. The number of anilines is 2. The molecule has 4 amide bonds. The lowest BCUT2D eigenvalue weighted by Gasteiger charge is -2.42. The second-order valence-electron chi connectivity index (χ2n) is 14.2. The van der Waals surface area contributed by atoms with E-state index in [4.69, 9.17) is 0 Å². The van der Waals surface area contributed by atoms with Crippen molar-refractivity contribution >= 4 is 35.1 Å². The number of nitrogens with zero attached hydrogens (tertiary/aromatic N) is 6. The Morgan fingerprint density at radius 1 is 1.10 bits per heavy atom. The SMILES string of the molecule is CC12Cc3[nH]nc(C(=O)Nc4cnn(CC5CN(C(=O)C6CCN(c7ccc(C8CCC(=O)NC8=O)cn7)CC6)C5)c4)c3CC1C2(F)F. The number of aromatic amines is 1. The van der Waals surface area contributed by atoms with E-state index in [1.165, 1.54) is 0 Å². The topological polar surface area (TPSA) is 158 Å². The Labute approximate surface area is 274 Å². The number of hydrogen-bond donors (Lipinski definition) is 3. The summed E-state index contributed by atoms with van der Waals surface area (Å²) < 4.78 is 30.3. The van der Waals surface area contributed by atoms with Gasteiger partial charge in [-0.1, -0.05) is 13.0 Å². The largest absolute Gasteiger partial charge is 0.357 e. The van der Waals surface area contributed by atoms with Gasteiger partial charge in [-0.25, -0.2) is 13.8 Å². The van der Waals surface area contributed by atoms with Crippen molar-refractivity contribution in [3.05, 3.63) is 53.2 Å². The van der Waals surface area contributed by atoms with Gasteiger partial charge in [0.25, 0.3) is 11.8 Å². The Kier molecular flexibility index (Phi) is 7.14. The van der Waals surface area contributed by atoms with Crippen molar-refractivity contribution < 1.29 is 28.0 Å². The van der Waals surface area contributed by atoms with Gasteiger partial charge < -0.3 is 15.1 Å². The van der Waals surface area contributed by atoms with E-state index in [9.17, 15) is 28.0 Å². The first-order valence-electron chi connectivity index (χ1n) is 16.6. The van der Waals surface area contributed by atoms with Crippen molar-refractivity contribution in [3.63, 3.8) is 0 Å². The molecular weight excluding hydrogens is 624 g/mol. The molecule has 0 aromatic carbocycles. The molecule has 3 unspecified atom stereocenters. The first-order chi connectivity index (χ1) is 23.0. The van der Waals surface area contributed by atoms with Crippen LogP contribution in [0.4, 0.5) is 20.3 Å². The molecule has 48 heavy (non-hydrogen) atoms. The van der Waals surface area contributed by atoms with Crippen LogP contribution in [0.1, 0.15) is 65.8 Å². The molecule has 0 spiro atoms. The molecule has 3 aromatic heterocycles. The molecule has 3 atom stereocenters. The summed E-state index contributed by atoms with van der Waals surface area (Å²) in [6.07, 6.45) is 7.59. The van der Waals surface area contributed by atoms with E-state index in [1.807, 2.05) is 17.0 Å². The van der Waals surface area contributed by atoms with Crippen LogP contribution < -0.4 is 15.5 Å². The minimum absolute atomic E-state index is 0.0378. The van der Waals surface area contributed by atoms with Crippen molar-refractivity contribution in [2.75, 3.05) is 36.4 Å². The molecule has 0 radical (unpaired) electrons. The summed E-state index contributed by atoms with van der Waals surface area (Å²) >= 11 is 0. The smallest absolute Gasteiger partial charge is 0.276 e. The molecule has 3 N–H and O–H groups in total. The quantitative estimate of drug-likeness (QED) is 0.326. The van der Waals surface area contributed by atoms with Crippen molar-refractivity contribution in [1.82, 2.24) is 35.2 Å². The number of alkyl halides is 2. The lowest BCUT2D eigenvalue weighted by atomic mass is 9.87. The standard InChI is InChI=1S/C33H37F2N9O4/c1-32-11-24-23(10-25(32)33(32,34)35)28(41-40-24)30(47)38-21-13-37-44(17-21)16-18-14-43(15-18)31(48)19-6-8-42(9-7-19)26-4-2-20(12-36-26)22-3-5-27(45)39-29(22)46/h2,4,12-13,17-19,22,25H,3,5-11,14-16H2,1H3,(H,38,47)(H,40,41)(H,39,45,46). The van der Waals surface area contributed by atoms with Gasteiger partial charge in [0.05, 0.1) is 17.8 Å². The van der Waals surface area contributed by atoms with Crippen molar-refractivity contribution in [1.29, 1.82) is 0 Å². The van der Waals surface area contributed by atoms with Crippen LogP contribution in [0.5, 0.6) is 0 Å². The number of nitrogens with one attached hydrogen (secondary N) is 3. The molecule has 8 rings (SSSR count). The fourth-order valence-electron chi connectivity index (χ4n) is 8.06. The predicted molar refractivity (Wildman–Crippen MR) is 167 cm³/mol. The summed E-state index contributed by atoms with van der Waals surface area (Å²) in [5, 5.41) is 16.5. The minimum Gasteiger partial charge on any atom is -0.357 e. The summed E-state index contributed by atoms with van der Waals surface area (Å²) in [7, 11) is 0. The maximum absolute atomic E-state index is 14.3. The number of fused-ring (bicyclic) bond motifs is 2. The van der Waals surface area contributed by atoms with Gasteiger partial charge in [-0.15, -0.1) is 0 Å². The van der Waals surface area contributed by atoms with Crippen molar-refractivity contribution in [3.8, 4) is 0 Å². The van der Waals surface area contributed by atoms with E-state index < -0.39 is 23.2 Å². The third kappa shape index (κ3) is 5.14. The number of pyridine rings is 1. The number of rotatable bonds is 7. The molecule has 2 aliphatic carbocycles. The molecule has 13 nitrogen and oxygen atoms in total. The molecule has 4 fully saturated rings. The average molecular weight is 662 g/mol. The number of amides is 4. The number of aromatic nitrogens is 5. The van der Waals surface area contributed by atoms with Gasteiger partial charge >= 0.3 is 0 Å². The summed E-state index contributed by atoms with van der Waals surface area (Å²) in [6, 6.07) is 3.80. The van der Waals surface area contributed by atoms with Crippen LogP contribution in [-0.2, 0) is 33.8 Å². The maximum atomic E-state index is 14.3. The van der Waals surface area contributed by atoms with Crippen LogP contribution in [-0.4, -0.2) is 85.6 Å². The van der Waals surface area contributed by atoms with E-state index in [0.29, 0.717) is 62.5 Å². The van der Waals surface area contributed by atoms with Crippen LogP contribution in [0.2, 0.25) is 0 Å². The van der Waals surface area contributed by atoms with E-state index >= 15 is 0 Å². The molecule has 252 valence electrons. The highest BCUT2D eigenvalue weighted by atomic mass is 19.3. The number of piperidine rings is 2. The van der Waals surface area contributed by atoms with E-state index in [2.05, 4.69) is 35.8 Å². The molecular formula is C33H37F2N9O4. The third-order valence-corrected chi connectivity index (χ3v) is 11.2. The Morgan fingerprint density at radius 3 is 2.62 bits per heavy atom. The van der Waals surface area contributed by atoms with Gasteiger partial charge in [0.1, 0.15) is 5.82 Å². The van der Waals surface area contributed by atoms with Crippen molar-refractivity contribution in [2.24, 2.45) is 23.2 Å². The van der Waals surface area contributed by atoms with Gasteiger partial charge in [-0.2, -0.15) is 10.2 Å². The summed E-state index contributed by atoms with van der Waals surface area (Å²) in [5.74, 6) is -3.62. The lowest BCUT2D eigenvalue weighted by molar-refractivity contribution is -0.143. The van der Waals surface area contributed by atoms with Gasteiger partial charge in [-0.05, 0) is 37.3 Å². The monoisotopic (exact) mass is 661 g/mol. The number of carbonyl (C=O) groups excluding carboxylic acids is 4. The summed E-state index contributed by atoms with van der Waals surface area (Å²) in [4.78, 5) is 58.5. The fourth-order valence-corrected chi connectivity index (χ4v) is 8.06. The van der Waals surface area contributed by atoms with E-state index in [0.717, 1.165) is 24.2 Å². The van der Waals surface area contributed by atoms with Gasteiger partial charge in [0.15, 0.2) is 5.69 Å². The van der Waals surface area contributed by atoms with Gasteiger partial charge in [-0.3, -0.25) is 34.3 Å². The zero-order valence-corrected chi connectivity index (χ0v) is 26.5.